The largest absolute Gasteiger partial charge is 0.390 e. The number of amides is 1. The topological polar surface area (TPSA) is 64.1 Å². The zero-order chi connectivity index (χ0) is 24.2. The predicted molar refractivity (Wildman–Crippen MR) is 132 cm³/mol. The van der Waals surface area contributed by atoms with Gasteiger partial charge in [0.1, 0.15) is 12.5 Å². The van der Waals surface area contributed by atoms with Crippen molar-refractivity contribution in [1.29, 1.82) is 0 Å². The number of hydrogen-bond acceptors (Lipinski definition) is 5. The number of carbonyl (C=O) groups is 2. The molecule has 0 radical (unpaired) electrons. The summed E-state index contributed by atoms with van der Waals surface area (Å²) in [5.74, 6) is -0.267. The van der Waals surface area contributed by atoms with Gasteiger partial charge in [0.2, 0.25) is 5.91 Å². The number of β-amino-alcohol motifs (C(OH)–C–C–N with tert-alkyl or cyclic N) is 1. The van der Waals surface area contributed by atoms with Crippen molar-refractivity contribution in [2.75, 3.05) is 43.5 Å². The maximum absolute atomic E-state index is 13.2. The quantitative estimate of drug-likeness (QED) is 0.646. The molecular weight excluding hydrogens is 433 g/mol. The molecule has 0 spiro atoms. The van der Waals surface area contributed by atoms with Gasteiger partial charge in [-0.05, 0) is 62.3 Å². The lowest BCUT2D eigenvalue weighted by molar-refractivity contribution is -0.128. The number of alkyl halides is 1. The number of hydrogen-bond donors (Lipinski definition) is 1. The minimum Gasteiger partial charge on any atom is -0.390 e. The summed E-state index contributed by atoms with van der Waals surface area (Å²) in [5, 5.41) is 10.3. The smallest absolute Gasteiger partial charge is 0.230 e. The van der Waals surface area contributed by atoms with Crippen LogP contribution in [0.15, 0.2) is 48.5 Å². The van der Waals surface area contributed by atoms with Gasteiger partial charge in [-0.2, -0.15) is 0 Å². The van der Waals surface area contributed by atoms with Gasteiger partial charge < -0.3 is 19.8 Å². The molecule has 0 bridgehead atoms. The zero-order valence-corrected chi connectivity index (χ0v) is 20.0. The van der Waals surface area contributed by atoms with Gasteiger partial charge in [0, 0.05) is 49.8 Å². The average Bonchev–Trinajstić information content (AvgIpc) is 3.23. The van der Waals surface area contributed by atoms with Crippen molar-refractivity contribution in [1.82, 2.24) is 4.90 Å². The maximum Gasteiger partial charge on any atom is 0.230 e. The molecule has 2 aromatic carbocycles. The second-order valence-electron chi connectivity index (χ2n) is 9.72. The van der Waals surface area contributed by atoms with Crippen LogP contribution in [0.5, 0.6) is 0 Å². The molecule has 34 heavy (non-hydrogen) atoms. The molecule has 2 saturated heterocycles. The van der Waals surface area contributed by atoms with Gasteiger partial charge in [-0.3, -0.25) is 9.59 Å². The van der Waals surface area contributed by atoms with E-state index in [4.69, 9.17) is 0 Å². The number of anilines is 2. The number of likely N-dealkylation sites (N-methyl/N-ethyl adjacent to an activating group) is 1. The van der Waals surface area contributed by atoms with Crippen LogP contribution in [0, 0.1) is 5.92 Å². The first-order valence-corrected chi connectivity index (χ1v) is 12.0. The third-order valence-electron chi connectivity index (χ3n) is 7.05. The molecule has 182 valence electrons. The Morgan fingerprint density at radius 3 is 2.29 bits per heavy atom. The number of carbonyl (C=O) groups excluding carboxylic acids is 2. The summed E-state index contributed by atoms with van der Waals surface area (Å²) < 4.78 is 12.7. The fourth-order valence-electron chi connectivity index (χ4n) is 5.05. The van der Waals surface area contributed by atoms with E-state index < -0.39 is 12.8 Å². The van der Waals surface area contributed by atoms with E-state index >= 15 is 0 Å². The van der Waals surface area contributed by atoms with Gasteiger partial charge in [-0.15, -0.1) is 0 Å². The summed E-state index contributed by atoms with van der Waals surface area (Å²) in [6.45, 7) is 1.49. The molecule has 2 aliphatic rings. The molecule has 2 heterocycles. The van der Waals surface area contributed by atoms with Crippen LogP contribution in [0.2, 0.25) is 0 Å². The Morgan fingerprint density at radius 2 is 1.68 bits per heavy atom. The molecule has 2 aliphatic heterocycles. The summed E-state index contributed by atoms with van der Waals surface area (Å²) in [6.07, 6.45) is 1.69. The van der Waals surface area contributed by atoms with Crippen molar-refractivity contribution in [3.05, 3.63) is 59.7 Å². The van der Waals surface area contributed by atoms with Crippen molar-refractivity contribution in [2.24, 2.45) is 5.92 Å². The molecule has 3 atom stereocenters. The van der Waals surface area contributed by atoms with Crippen LogP contribution in [0.1, 0.15) is 30.4 Å². The Hall–Kier alpha value is -2.77. The summed E-state index contributed by atoms with van der Waals surface area (Å²) >= 11 is 0. The molecule has 2 aromatic rings. The maximum atomic E-state index is 13.2. The van der Waals surface area contributed by atoms with E-state index in [0.717, 1.165) is 36.3 Å². The van der Waals surface area contributed by atoms with Crippen molar-refractivity contribution in [3.8, 4) is 0 Å². The third-order valence-corrected chi connectivity index (χ3v) is 7.05. The van der Waals surface area contributed by atoms with Crippen LogP contribution in [0.25, 0.3) is 0 Å². The number of aliphatic hydroxyl groups excluding tert-OH is 1. The Kier molecular flexibility index (Phi) is 7.63. The molecule has 1 amide bonds. The van der Waals surface area contributed by atoms with Crippen molar-refractivity contribution in [3.63, 3.8) is 0 Å². The van der Waals surface area contributed by atoms with Crippen LogP contribution in [-0.2, 0) is 22.7 Å². The number of nitrogens with zero attached hydrogens (tertiary/aromatic N) is 3. The van der Waals surface area contributed by atoms with Gasteiger partial charge in [-0.1, -0.05) is 24.3 Å². The highest BCUT2D eigenvalue weighted by atomic mass is 19.1. The molecular formula is C27H34FN3O3. The van der Waals surface area contributed by atoms with E-state index in [1.54, 1.807) is 29.2 Å². The second kappa shape index (κ2) is 10.7. The van der Waals surface area contributed by atoms with Gasteiger partial charge >= 0.3 is 0 Å². The highest BCUT2D eigenvalue weighted by Gasteiger charge is 2.34. The van der Waals surface area contributed by atoms with E-state index in [-0.39, 0.29) is 36.5 Å². The number of halogens is 1. The Balaban J connectivity index is 1.36. The Morgan fingerprint density at radius 1 is 1.03 bits per heavy atom. The van der Waals surface area contributed by atoms with Gasteiger partial charge in [0.25, 0.3) is 0 Å². The van der Waals surface area contributed by atoms with Crippen LogP contribution in [0.4, 0.5) is 15.8 Å². The molecule has 6 nitrogen and oxygen atoms in total. The van der Waals surface area contributed by atoms with Crippen LogP contribution in [-0.4, -0.2) is 67.6 Å². The Bertz CT molecular complexity index is 993. The van der Waals surface area contributed by atoms with Crippen molar-refractivity contribution < 1.29 is 19.1 Å². The fraction of sp³-hybridized carbons (Fsp3) is 0.481. The van der Waals surface area contributed by atoms with E-state index in [0.29, 0.717) is 18.7 Å². The highest BCUT2D eigenvalue weighted by molar-refractivity contribution is 5.98. The first-order chi connectivity index (χ1) is 16.4. The molecule has 2 unspecified atom stereocenters. The summed E-state index contributed by atoms with van der Waals surface area (Å²) in [6, 6.07) is 15.0. The van der Waals surface area contributed by atoms with Gasteiger partial charge in [0.15, 0.2) is 0 Å². The molecule has 2 fully saturated rings. The van der Waals surface area contributed by atoms with E-state index in [2.05, 4.69) is 4.90 Å². The fourth-order valence-corrected chi connectivity index (χ4v) is 5.05. The van der Waals surface area contributed by atoms with Crippen LogP contribution < -0.4 is 9.80 Å². The molecule has 7 heteroatoms. The number of piperidine rings is 1. The molecule has 0 aromatic heterocycles. The Labute approximate surface area is 201 Å². The minimum absolute atomic E-state index is 0.00407. The minimum atomic E-state index is -0.516. The normalized spacial score (nSPS) is 23.1. The number of rotatable bonds is 8. The van der Waals surface area contributed by atoms with E-state index in [1.807, 2.05) is 43.3 Å². The standard InChI is InChI=1S/C27H34FN3O3/c1-29(2)25-17-30(18-26(25)33)22-9-11-23(12-10-22)31-13-3-4-21(27(31)34)15-24(32)14-19-5-7-20(16-28)8-6-19/h5-12,21,25-26,33H,3-4,13-18H2,1-2H3/t21-,25?,26?/m0/s1. The number of benzene rings is 2. The summed E-state index contributed by atoms with van der Waals surface area (Å²) in [7, 11) is 3.96. The zero-order valence-electron chi connectivity index (χ0n) is 20.0. The third kappa shape index (κ3) is 5.47. The van der Waals surface area contributed by atoms with E-state index in [9.17, 15) is 19.1 Å². The predicted octanol–water partition coefficient (Wildman–Crippen LogP) is 3.21. The number of Topliss-reactive ketones (excluding diaryl/α,β-unsaturated/α-hetero) is 1. The second-order valence-corrected chi connectivity index (χ2v) is 9.72. The average molecular weight is 468 g/mol. The van der Waals surface area contributed by atoms with Crippen molar-refractivity contribution >= 4 is 23.1 Å². The first kappa shape index (κ1) is 24.4. The number of ketones is 1. The van der Waals surface area contributed by atoms with Gasteiger partial charge in [-0.25, -0.2) is 4.39 Å². The highest BCUT2D eigenvalue weighted by Crippen LogP contribution is 2.30. The molecule has 1 N–H and O–H groups in total. The summed E-state index contributed by atoms with van der Waals surface area (Å²) in [4.78, 5) is 31.8. The monoisotopic (exact) mass is 467 g/mol. The lowest BCUT2D eigenvalue weighted by Crippen LogP contribution is -2.42. The van der Waals surface area contributed by atoms with Crippen LogP contribution >= 0.6 is 0 Å². The molecule has 4 rings (SSSR count). The van der Waals surface area contributed by atoms with E-state index in [1.165, 1.54) is 0 Å². The first-order valence-electron chi connectivity index (χ1n) is 12.0. The molecule has 0 saturated carbocycles. The van der Waals surface area contributed by atoms with Crippen LogP contribution in [0.3, 0.4) is 0 Å². The van der Waals surface area contributed by atoms with Crippen molar-refractivity contribution in [2.45, 2.75) is 44.5 Å². The lowest BCUT2D eigenvalue weighted by atomic mass is 9.90. The SMILES string of the molecule is CN(C)C1CN(c2ccc(N3CCC[C@@H](CC(=O)Cc4ccc(CF)cc4)C3=O)cc2)CC1O. The number of aliphatic hydroxyl groups is 1. The molecule has 0 aliphatic carbocycles. The lowest BCUT2D eigenvalue weighted by Gasteiger charge is -2.32. The summed E-state index contributed by atoms with van der Waals surface area (Å²) in [5.41, 5.74) is 3.32. The van der Waals surface area contributed by atoms with Gasteiger partial charge in [0.05, 0.1) is 12.1 Å².